The van der Waals surface area contributed by atoms with E-state index in [4.69, 9.17) is 14.2 Å². The molecule has 1 aliphatic heterocycles. The zero-order valence-electron chi connectivity index (χ0n) is 12.0. The van der Waals surface area contributed by atoms with Crippen molar-refractivity contribution in [1.29, 1.82) is 0 Å². The first kappa shape index (κ1) is 13.5. The summed E-state index contributed by atoms with van der Waals surface area (Å²) in [4.78, 5) is 8.41. The number of hydrogen-bond acceptors (Lipinski definition) is 6. The number of ether oxygens (including phenoxy) is 3. The number of benzene rings is 1. The Hall–Kier alpha value is -2.50. The van der Waals surface area contributed by atoms with Gasteiger partial charge in [-0.15, -0.1) is 0 Å². The molecule has 0 bridgehead atoms. The maximum atomic E-state index is 5.83. The number of nitrogens with zero attached hydrogens (tertiary/aromatic N) is 2. The highest BCUT2D eigenvalue weighted by Gasteiger charge is 2.14. The first-order valence-corrected chi connectivity index (χ1v) is 6.84. The van der Waals surface area contributed by atoms with Crippen LogP contribution in [-0.4, -0.2) is 23.8 Å². The van der Waals surface area contributed by atoms with Crippen LogP contribution in [0.2, 0.25) is 0 Å². The van der Waals surface area contributed by atoms with Crippen LogP contribution in [0.15, 0.2) is 24.5 Å². The Morgan fingerprint density at radius 2 is 2.10 bits per heavy atom. The summed E-state index contributed by atoms with van der Waals surface area (Å²) in [7, 11) is 1.84. The Labute approximate surface area is 123 Å². The minimum atomic E-state index is 0.275. The molecule has 2 aromatic rings. The quantitative estimate of drug-likeness (QED) is 0.911. The van der Waals surface area contributed by atoms with Gasteiger partial charge in [-0.1, -0.05) is 13.0 Å². The van der Waals surface area contributed by atoms with Crippen LogP contribution in [0.25, 0.3) is 0 Å². The van der Waals surface area contributed by atoms with Gasteiger partial charge in [0.2, 0.25) is 12.7 Å². The van der Waals surface area contributed by atoms with E-state index >= 15 is 0 Å². The van der Waals surface area contributed by atoms with Crippen molar-refractivity contribution in [3.05, 3.63) is 35.7 Å². The van der Waals surface area contributed by atoms with Gasteiger partial charge in [0.1, 0.15) is 18.8 Å². The number of anilines is 1. The van der Waals surface area contributed by atoms with Crippen LogP contribution in [0.1, 0.15) is 18.1 Å². The van der Waals surface area contributed by atoms with Crippen molar-refractivity contribution >= 4 is 5.82 Å². The SMILES string of the molecule is CCc1c(NC)ncnc1OCc1ccc2c(c1)OCO2. The lowest BCUT2D eigenvalue weighted by molar-refractivity contribution is 0.174. The normalized spacial score (nSPS) is 12.3. The third kappa shape index (κ3) is 2.69. The maximum Gasteiger partial charge on any atom is 0.231 e. The van der Waals surface area contributed by atoms with E-state index in [0.29, 0.717) is 12.5 Å². The first-order valence-electron chi connectivity index (χ1n) is 6.84. The summed E-state index contributed by atoms with van der Waals surface area (Å²) in [6.45, 7) is 2.74. The molecule has 1 aromatic carbocycles. The summed E-state index contributed by atoms with van der Waals surface area (Å²) < 4.78 is 16.5. The molecular weight excluding hydrogens is 270 g/mol. The fraction of sp³-hybridized carbons (Fsp3) is 0.333. The Morgan fingerprint density at radius 3 is 2.90 bits per heavy atom. The molecule has 0 saturated heterocycles. The molecular formula is C15H17N3O3. The topological polar surface area (TPSA) is 65.5 Å². The fourth-order valence-corrected chi connectivity index (χ4v) is 2.24. The minimum absolute atomic E-state index is 0.275. The van der Waals surface area contributed by atoms with E-state index in [0.717, 1.165) is 34.9 Å². The standard InChI is InChI=1S/C15H17N3O3/c1-3-11-14(16-2)17-8-18-15(11)19-7-10-4-5-12-13(6-10)21-9-20-12/h4-6,8H,3,7,9H2,1-2H3,(H,16,17,18). The molecule has 21 heavy (non-hydrogen) atoms. The third-order valence-electron chi connectivity index (χ3n) is 3.31. The number of fused-ring (bicyclic) bond motifs is 1. The molecule has 6 heteroatoms. The highest BCUT2D eigenvalue weighted by Crippen LogP contribution is 2.33. The minimum Gasteiger partial charge on any atom is -0.472 e. The second-order valence-electron chi connectivity index (χ2n) is 4.59. The number of rotatable bonds is 5. The Bertz CT molecular complexity index is 646. The summed E-state index contributed by atoms with van der Waals surface area (Å²) in [5.74, 6) is 2.93. The summed E-state index contributed by atoms with van der Waals surface area (Å²) >= 11 is 0. The van der Waals surface area contributed by atoms with Gasteiger partial charge in [0.25, 0.3) is 0 Å². The van der Waals surface area contributed by atoms with Crippen LogP contribution in [0.4, 0.5) is 5.82 Å². The van der Waals surface area contributed by atoms with Gasteiger partial charge in [-0.2, -0.15) is 0 Å². The van der Waals surface area contributed by atoms with Gasteiger partial charge in [0, 0.05) is 7.05 Å². The molecule has 0 spiro atoms. The van der Waals surface area contributed by atoms with Crippen LogP contribution < -0.4 is 19.5 Å². The second-order valence-corrected chi connectivity index (χ2v) is 4.59. The van der Waals surface area contributed by atoms with Gasteiger partial charge in [-0.3, -0.25) is 0 Å². The maximum absolute atomic E-state index is 5.83. The van der Waals surface area contributed by atoms with E-state index in [1.165, 1.54) is 6.33 Å². The van der Waals surface area contributed by atoms with Crippen molar-refractivity contribution in [1.82, 2.24) is 9.97 Å². The average Bonchev–Trinajstić information content (AvgIpc) is 2.99. The molecule has 0 aliphatic carbocycles. The smallest absolute Gasteiger partial charge is 0.231 e. The lowest BCUT2D eigenvalue weighted by Crippen LogP contribution is -2.05. The summed E-state index contributed by atoms with van der Waals surface area (Å²) in [5, 5.41) is 3.05. The molecule has 1 N–H and O–H groups in total. The van der Waals surface area contributed by atoms with Gasteiger partial charge in [0.05, 0.1) is 5.56 Å². The third-order valence-corrected chi connectivity index (χ3v) is 3.31. The van der Waals surface area contributed by atoms with Crippen LogP contribution in [-0.2, 0) is 13.0 Å². The molecule has 1 aliphatic rings. The van der Waals surface area contributed by atoms with E-state index in [1.54, 1.807) is 0 Å². The molecule has 0 fully saturated rings. The Morgan fingerprint density at radius 1 is 1.24 bits per heavy atom. The first-order chi connectivity index (χ1) is 10.3. The summed E-state index contributed by atoms with van der Waals surface area (Å²) in [6, 6.07) is 5.77. The molecule has 0 atom stereocenters. The molecule has 0 saturated carbocycles. The van der Waals surface area contributed by atoms with Crippen molar-refractivity contribution in [3.8, 4) is 17.4 Å². The molecule has 0 unspecified atom stereocenters. The van der Waals surface area contributed by atoms with Crippen LogP contribution in [0.5, 0.6) is 17.4 Å². The highest BCUT2D eigenvalue weighted by atomic mass is 16.7. The average molecular weight is 287 g/mol. The zero-order chi connectivity index (χ0) is 14.7. The van der Waals surface area contributed by atoms with Crippen LogP contribution >= 0.6 is 0 Å². The molecule has 1 aromatic heterocycles. The highest BCUT2D eigenvalue weighted by molar-refractivity contribution is 5.48. The van der Waals surface area contributed by atoms with Gasteiger partial charge >= 0.3 is 0 Å². The van der Waals surface area contributed by atoms with Crippen molar-refractivity contribution in [2.75, 3.05) is 19.2 Å². The summed E-state index contributed by atoms with van der Waals surface area (Å²) in [6.07, 6.45) is 2.30. The molecule has 0 amide bonds. The fourth-order valence-electron chi connectivity index (χ4n) is 2.24. The van der Waals surface area contributed by atoms with Crippen molar-refractivity contribution < 1.29 is 14.2 Å². The predicted molar refractivity (Wildman–Crippen MR) is 77.9 cm³/mol. The largest absolute Gasteiger partial charge is 0.472 e. The molecule has 0 radical (unpaired) electrons. The van der Waals surface area contributed by atoms with Crippen molar-refractivity contribution in [2.24, 2.45) is 0 Å². The molecule has 3 rings (SSSR count). The Balaban J connectivity index is 1.76. The lowest BCUT2D eigenvalue weighted by Gasteiger charge is -2.12. The van der Waals surface area contributed by atoms with E-state index in [2.05, 4.69) is 15.3 Å². The van der Waals surface area contributed by atoms with Gasteiger partial charge in [-0.05, 0) is 24.1 Å². The molecule has 2 heterocycles. The predicted octanol–water partition coefficient (Wildman–Crippen LogP) is 2.39. The van der Waals surface area contributed by atoms with E-state index < -0.39 is 0 Å². The second kappa shape index (κ2) is 5.87. The van der Waals surface area contributed by atoms with Gasteiger partial charge in [0.15, 0.2) is 11.5 Å². The van der Waals surface area contributed by atoms with Crippen molar-refractivity contribution in [2.45, 2.75) is 20.0 Å². The monoisotopic (exact) mass is 287 g/mol. The van der Waals surface area contributed by atoms with Crippen molar-refractivity contribution in [3.63, 3.8) is 0 Å². The van der Waals surface area contributed by atoms with E-state index in [-0.39, 0.29) is 6.79 Å². The van der Waals surface area contributed by atoms with Crippen LogP contribution in [0, 0.1) is 0 Å². The number of hydrogen-bond donors (Lipinski definition) is 1. The van der Waals surface area contributed by atoms with Gasteiger partial charge < -0.3 is 19.5 Å². The lowest BCUT2D eigenvalue weighted by atomic mass is 10.2. The number of aromatic nitrogens is 2. The number of nitrogens with one attached hydrogen (secondary N) is 1. The Kier molecular flexibility index (Phi) is 3.77. The molecule has 6 nitrogen and oxygen atoms in total. The van der Waals surface area contributed by atoms with Crippen LogP contribution in [0.3, 0.4) is 0 Å². The van der Waals surface area contributed by atoms with E-state index in [1.807, 2.05) is 32.2 Å². The van der Waals surface area contributed by atoms with E-state index in [9.17, 15) is 0 Å². The molecule has 110 valence electrons. The summed E-state index contributed by atoms with van der Waals surface area (Å²) in [5.41, 5.74) is 1.98. The van der Waals surface area contributed by atoms with Gasteiger partial charge in [-0.25, -0.2) is 9.97 Å². The zero-order valence-corrected chi connectivity index (χ0v) is 12.0.